The summed E-state index contributed by atoms with van der Waals surface area (Å²) in [4.78, 5) is 19.0. The summed E-state index contributed by atoms with van der Waals surface area (Å²) >= 11 is 1.36. The number of anilines is 1. The summed E-state index contributed by atoms with van der Waals surface area (Å²) in [5.74, 6) is 1.19. The van der Waals surface area contributed by atoms with Crippen LogP contribution in [0.2, 0.25) is 0 Å². The molecular weight excluding hydrogens is 444 g/mol. The van der Waals surface area contributed by atoms with E-state index in [1.165, 1.54) is 11.8 Å². The van der Waals surface area contributed by atoms with Gasteiger partial charge in [0.1, 0.15) is 11.5 Å². The average molecular weight is 465 g/mol. The first-order chi connectivity index (χ1) is 15.5. The molecule has 5 rings (SSSR count). The molecule has 0 spiro atoms. The van der Waals surface area contributed by atoms with Crippen molar-refractivity contribution in [2.75, 3.05) is 16.4 Å². The predicted molar refractivity (Wildman–Crippen MR) is 127 cm³/mol. The monoisotopic (exact) mass is 464 g/mol. The Balaban J connectivity index is 1.45. The predicted octanol–water partition coefficient (Wildman–Crippen LogP) is 4.39. The van der Waals surface area contributed by atoms with Gasteiger partial charge in [-0.05, 0) is 48.5 Å². The number of sulfone groups is 1. The fraction of sp³-hybridized carbons (Fsp3) is 0.167. The number of amidine groups is 1. The van der Waals surface area contributed by atoms with Crippen LogP contribution < -0.4 is 9.64 Å². The van der Waals surface area contributed by atoms with Crippen molar-refractivity contribution >= 4 is 38.4 Å². The minimum Gasteiger partial charge on any atom is -0.457 e. The van der Waals surface area contributed by atoms with Crippen molar-refractivity contribution in [3.63, 3.8) is 0 Å². The zero-order valence-corrected chi connectivity index (χ0v) is 18.6. The summed E-state index contributed by atoms with van der Waals surface area (Å²) in [6.07, 6.45) is 0. The van der Waals surface area contributed by atoms with Crippen molar-refractivity contribution < 1.29 is 17.9 Å². The van der Waals surface area contributed by atoms with Gasteiger partial charge >= 0.3 is 0 Å². The second-order valence-electron chi connectivity index (χ2n) is 7.65. The largest absolute Gasteiger partial charge is 0.457 e. The topological polar surface area (TPSA) is 76.0 Å². The average Bonchev–Trinajstić information content (AvgIpc) is 3.26. The Morgan fingerprint density at radius 3 is 2.19 bits per heavy atom. The lowest BCUT2D eigenvalue weighted by Gasteiger charge is -2.24. The molecule has 0 radical (unpaired) electrons. The Bertz CT molecular complexity index is 1260. The number of nitrogens with zero attached hydrogens (tertiary/aromatic N) is 2. The number of amides is 1. The lowest BCUT2D eigenvalue weighted by atomic mass is 10.2. The molecule has 2 fully saturated rings. The summed E-state index contributed by atoms with van der Waals surface area (Å²) < 4.78 is 30.4. The third-order valence-electron chi connectivity index (χ3n) is 5.38. The molecule has 2 saturated heterocycles. The van der Waals surface area contributed by atoms with Gasteiger partial charge in [0, 0.05) is 16.5 Å². The molecule has 1 amide bonds. The standard InChI is InChI=1S/C24H20N2O4S2/c27-23(17-7-3-1-4-8-17)25-24-26(21-15-32(28,29)16-22(21)31-24)18-11-13-20(14-12-18)30-19-9-5-2-6-10-19/h1-14,21-22H,15-16H2/t21-,22-/m1/s1. The van der Waals surface area contributed by atoms with E-state index in [-0.39, 0.29) is 28.7 Å². The quantitative estimate of drug-likeness (QED) is 0.570. The molecule has 2 atom stereocenters. The first kappa shape index (κ1) is 20.8. The minimum atomic E-state index is -3.13. The van der Waals surface area contributed by atoms with Crippen molar-refractivity contribution in [3.05, 3.63) is 90.5 Å². The number of hydrogen-bond acceptors (Lipinski definition) is 5. The van der Waals surface area contributed by atoms with Crippen LogP contribution in [0.5, 0.6) is 11.5 Å². The van der Waals surface area contributed by atoms with Gasteiger partial charge in [-0.1, -0.05) is 48.2 Å². The van der Waals surface area contributed by atoms with Gasteiger partial charge in [0.2, 0.25) is 0 Å². The van der Waals surface area contributed by atoms with E-state index in [0.29, 0.717) is 16.5 Å². The van der Waals surface area contributed by atoms with Gasteiger partial charge in [0.05, 0.1) is 17.5 Å². The van der Waals surface area contributed by atoms with Gasteiger partial charge in [-0.2, -0.15) is 4.99 Å². The van der Waals surface area contributed by atoms with Crippen molar-refractivity contribution in [1.82, 2.24) is 0 Å². The van der Waals surface area contributed by atoms with Gasteiger partial charge in [-0.25, -0.2) is 8.42 Å². The third-order valence-corrected chi connectivity index (χ3v) is 8.59. The van der Waals surface area contributed by atoms with Crippen LogP contribution in [0.1, 0.15) is 10.4 Å². The number of carbonyl (C=O) groups excluding carboxylic acids is 1. The smallest absolute Gasteiger partial charge is 0.279 e. The molecule has 3 aromatic carbocycles. The number of benzene rings is 3. The van der Waals surface area contributed by atoms with Crippen molar-refractivity contribution in [1.29, 1.82) is 0 Å². The van der Waals surface area contributed by atoms with E-state index in [1.54, 1.807) is 24.3 Å². The highest BCUT2D eigenvalue weighted by molar-refractivity contribution is 8.16. The van der Waals surface area contributed by atoms with Crippen LogP contribution in [0.3, 0.4) is 0 Å². The van der Waals surface area contributed by atoms with E-state index in [0.717, 1.165) is 11.4 Å². The van der Waals surface area contributed by atoms with E-state index >= 15 is 0 Å². The molecule has 162 valence electrons. The van der Waals surface area contributed by atoms with Crippen LogP contribution in [0.15, 0.2) is 89.9 Å². The number of hydrogen-bond donors (Lipinski definition) is 0. The first-order valence-corrected chi connectivity index (χ1v) is 12.9. The molecule has 32 heavy (non-hydrogen) atoms. The summed E-state index contributed by atoms with van der Waals surface area (Å²) in [5, 5.41) is 0.378. The van der Waals surface area contributed by atoms with Gasteiger partial charge in [0.15, 0.2) is 15.0 Å². The number of aliphatic imine (C=N–C) groups is 1. The molecular formula is C24H20N2O4S2. The number of carbonyl (C=O) groups is 1. The molecule has 0 bridgehead atoms. The Labute approximate surface area is 190 Å². The van der Waals surface area contributed by atoms with Gasteiger partial charge in [-0.3, -0.25) is 4.79 Å². The van der Waals surface area contributed by atoms with Crippen molar-refractivity contribution in [2.45, 2.75) is 11.3 Å². The fourth-order valence-corrected chi connectivity index (χ4v) is 7.81. The van der Waals surface area contributed by atoms with Crippen LogP contribution >= 0.6 is 11.8 Å². The Morgan fingerprint density at radius 2 is 1.50 bits per heavy atom. The molecule has 2 aliphatic rings. The maximum absolute atomic E-state index is 12.7. The van der Waals surface area contributed by atoms with Gasteiger partial charge < -0.3 is 9.64 Å². The maximum Gasteiger partial charge on any atom is 0.279 e. The first-order valence-electron chi connectivity index (χ1n) is 10.2. The Morgan fingerprint density at radius 1 is 0.875 bits per heavy atom. The van der Waals surface area contributed by atoms with Crippen LogP contribution in [0.4, 0.5) is 5.69 Å². The zero-order chi connectivity index (χ0) is 22.1. The van der Waals surface area contributed by atoms with Crippen LogP contribution in [-0.2, 0) is 9.84 Å². The molecule has 3 aromatic rings. The summed E-state index contributed by atoms with van der Waals surface area (Å²) in [7, 11) is -3.13. The second kappa shape index (κ2) is 8.44. The Kier molecular flexibility index (Phi) is 5.48. The highest BCUT2D eigenvalue weighted by Gasteiger charge is 2.49. The molecule has 8 heteroatoms. The highest BCUT2D eigenvalue weighted by Crippen LogP contribution is 2.41. The van der Waals surface area contributed by atoms with E-state index in [2.05, 4.69) is 4.99 Å². The third kappa shape index (κ3) is 4.28. The lowest BCUT2D eigenvalue weighted by Crippen LogP contribution is -2.37. The number of para-hydroxylation sites is 1. The number of ether oxygens (including phenoxy) is 1. The number of fused-ring (bicyclic) bond motifs is 1. The minimum absolute atomic E-state index is 0.0471. The van der Waals surface area contributed by atoms with E-state index in [4.69, 9.17) is 4.74 Å². The molecule has 2 heterocycles. The highest BCUT2D eigenvalue weighted by atomic mass is 32.2. The summed E-state index contributed by atoms with van der Waals surface area (Å²) in [6, 6.07) is 25.5. The Hall–Kier alpha value is -3.10. The van der Waals surface area contributed by atoms with Crippen molar-refractivity contribution in [3.8, 4) is 11.5 Å². The van der Waals surface area contributed by atoms with E-state index < -0.39 is 9.84 Å². The van der Waals surface area contributed by atoms with E-state index in [9.17, 15) is 13.2 Å². The molecule has 0 aliphatic carbocycles. The molecule has 0 aromatic heterocycles. The fourth-order valence-electron chi connectivity index (χ4n) is 3.90. The van der Waals surface area contributed by atoms with Crippen LogP contribution in [0, 0.1) is 0 Å². The number of thioether (sulfide) groups is 1. The van der Waals surface area contributed by atoms with Gasteiger partial charge in [0.25, 0.3) is 5.91 Å². The van der Waals surface area contributed by atoms with Gasteiger partial charge in [-0.15, -0.1) is 0 Å². The zero-order valence-electron chi connectivity index (χ0n) is 17.0. The molecule has 0 N–H and O–H groups in total. The lowest BCUT2D eigenvalue weighted by molar-refractivity contribution is 0.100. The van der Waals surface area contributed by atoms with Crippen LogP contribution in [-0.4, -0.2) is 42.3 Å². The summed E-state index contributed by atoms with van der Waals surface area (Å²) in [6.45, 7) is 0. The number of rotatable bonds is 4. The molecule has 6 nitrogen and oxygen atoms in total. The molecule has 0 saturated carbocycles. The van der Waals surface area contributed by atoms with Crippen molar-refractivity contribution in [2.24, 2.45) is 4.99 Å². The SMILES string of the molecule is O=C(N=C1S[C@@H]2CS(=O)(=O)C[C@H]2N1c1ccc(Oc2ccccc2)cc1)c1ccccc1. The molecule has 2 aliphatic heterocycles. The van der Waals surface area contributed by atoms with E-state index in [1.807, 2.05) is 65.6 Å². The maximum atomic E-state index is 12.7. The normalized spacial score (nSPS) is 22.6. The molecule has 0 unspecified atom stereocenters. The summed E-state index contributed by atoms with van der Waals surface area (Å²) in [5.41, 5.74) is 1.28. The van der Waals surface area contributed by atoms with Crippen LogP contribution in [0.25, 0.3) is 0 Å². The second-order valence-corrected chi connectivity index (χ2v) is 11.0.